The Labute approximate surface area is 111 Å². The van der Waals surface area contributed by atoms with Crippen molar-refractivity contribution in [3.63, 3.8) is 0 Å². The summed E-state index contributed by atoms with van der Waals surface area (Å²) in [7, 11) is 1.97. The molecule has 1 aromatic heterocycles. The number of nitrogens with zero attached hydrogens (tertiary/aromatic N) is 3. The van der Waals surface area contributed by atoms with E-state index in [1.54, 1.807) is 12.3 Å². The highest BCUT2D eigenvalue weighted by Gasteiger charge is 2.32. The van der Waals surface area contributed by atoms with Gasteiger partial charge >= 0.3 is 0 Å². The molecule has 1 atom stereocenters. The van der Waals surface area contributed by atoms with Crippen LogP contribution in [0.2, 0.25) is 5.02 Å². The lowest BCUT2D eigenvalue weighted by atomic mass is 10.1. The van der Waals surface area contributed by atoms with Crippen molar-refractivity contribution in [2.75, 3.05) is 11.9 Å². The van der Waals surface area contributed by atoms with E-state index in [1.807, 2.05) is 11.9 Å². The van der Waals surface area contributed by atoms with Crippen molar-refractivity contribution in [1.29, 1.82) is 0 Å². The fraction of sp³-hybridized carbons (Fsp3) is 0.500. The molecular formula is C12H17ClN4O. The van der Waals surface area contributed by atoms with E-state index in [0.29, 0.717) is 28.4 Å². The van der Waals surface area contributed by atoms with Crippen LogP contribution in [0.3, 0.4) is 0 Å². The molecule has 0 amide bonds. The van der Waals surface area contributed by atoms with Gasteiger partial charge in [0.25, 0.3) is 0 Å². The average molecular weight is 269 g/mol. The summed E-state index contributed by atoms with van der Waals surface area (Å²) in [6.07, 6.45) is 4.12. The van der Waals surface area contributed by atoms with Crippen molar-refractivity contribution in [3.05, 3.63) is 22.8 Å². The maximum absolute atomic E-state index is 8.72. The van der Waals surface area contributed by atoms with E-state index in [-0.39, 0.29) is 5.84 Å². The van der Waals surface area contributed by atoms with E-state index in [2.05, 4.69) is 17.1 Å². The average Bonchev–Trinajstić information content (AvgIpc) is 3.20. The zero-order valence-electron chi connectivity index (χ0n) is 10.5. The molecule has 1 heterocycles. The largest absolute Gasteiger partial charge is 0.409 e. The highest BCUT2D eigenvalue weighted by atomic mass is 35.5. The van der Waals surface area contributed by atoms with Crippen molar-refractivity contribution in [3.8, 4) is 0 Å². The fourth-order valence-electron chi connectivity index (χ4n) is 2.02. The Kier molecular flexibility index (Phi) is 3.61. The molecule has 3 N–H and O–H groups in total. The van der Waals surface area contributed by atoms with Crippen molar-refractivity contribution in [1.82, 2.24) is 4.98 Å². The quantitative estimate of drug-likeness (QED) is 0.379. The number of hydrogen-bond acceptors (Lipinski definition) is 4. The Morgan fingerprint density at radius 1 is 1.67 bits per heavy atom. The predicted octanol–water partition coefficient (Wildman–Crippen LogP) is 2.06. The number of amidine groups is 1. The zero-order chi connectivity index (χ0) is 13.3. The zero-order valence-corrected chi connectivity index (χ0v) is 11.2. The van der Waals surface area contributed by atoms with E-state index < -0.39 is 0 Å². The third-order valence-electron chi connectivity index (χ3n) is 3.50. The van der Waals surface area contributed by atoms with Crippen molar-refractivity contribution in [2.45, 2.75) is 25.8 Å². The maximum atomic E-state index is 8.72. The normalized spacial score (nSPS) is 17.6. The Bertz CT molecular complexity index is 473. The number of rotatable bonds is 4. The number of pyridine rings is 1. The molecule has 2 rings (SSSR count). The second-order valence-corrected chi connectivity index (χ2v) is 5.05. The molecule has 98 valence electrons. The molecule has 1 aliphatic carbocycles. The molecule has 0 saturated heterocycles. The van der Waals surface area contributed by atoms with Crippen LogP contribution >= 0.6 is 11.6 Å². The van der Waals surface area contributed by atoms with E-state index >= 15 is 0 Å². The Morgan fingerprint density at radius 3 is 2.89 bits per heavy atom. The summed E-state index contributed by atoms with van der Waals surface area (Å²) in [4.78, 5) is 6.34. The van der Waals surface area contributed by atoms with Gasteiger partial charge in [-0.15, -0.1) is 0 Å². The lowest BCUT2D eigenvalue weighted by molar-refractivity contribution is 0.318. The third-order valence-corrected chi connectivity index (χ3v) is 3.88. The molecular weight excluding hydrogens is 252 g/mol. The first-order valence-corrected chi connectivity index (χ1v) is 6.29. The minimum Gasteiger partial charge on any atom is -0.409 e. The minimum atomic E-state index is -0.00359. The molecule has 1 unspecified atom stereocenters. The molecule has 0 spiro atoms. The van der Waals surface area contributed by atoms with Gasteiger partial charge in [-0.25, -0.2) is 4.98 Å². The van der Waals surface area contributed by atoms with Gasteiger partial charge in [-0.3, -0.25) is 0 Å². The van der Waals surface area contributed by atoms with E-state index in [9.17, 15) is 0 Å². The topological polar surface area (TPSA) is 74.7 Å². The van der Waals surface area contributed by atoms with Gasteiger partial charge in [-0.1, -0.05) is 16.8 Å². The Hall–Kier alpha value is -1.49. The van der Waals surface area contributed by atoms with Gasteiger partial charge in [0, 0.05) is 24.8 Å². The van der Waals surface area contributed by atoms with E-state index in [4.69, 9.17) is 22.5 Å². The Balaban J connectivity index is 2.33. The first-order chi connectivity index (χ1) is 8.56. The van der Waals surface area contributed by atoms with Gasteiger partial charge in [0.05, 0.1) is 5.02 Å². The third kappa shape index (κ3) is 2.36. The standard InChI is InChI=1S/C12H17ClN4O/c1-7(8-3-4-8)17(2)12-10(13)9(5-6-15-12)11(14)16-18/h5-8,18H,3-4H2,1-2H3,(H2,14,16). The summed E-state index contributed by atoms with van der Waals surface area (Å²) < 4.78 is 0. The van der Waals surface area contributed by atoms with Gasteiger partial charge in [-0.05, 0) is 31.7 Å². The molecule has 0 radical (unpaired) electrons. The Morgan fingerprint density at radius 2 is 2.33 bits per heavy atom. The number of nitrogens with two attached hydrogens (primary N) is 1. The summed E-state index contributed by atoms with van der Waals surface area (Å²) in [6, 6.07) is 2.02. The van der Waals surface area contributed by atoms with E-state index in [1.165, 1.54) is 12.8 Å². The van der Waals surface area contributed by atoms with Crippen molar-refractivity contribution < 1.29 is 5.21 Å². The van der Waals surface area contributed by atoms with Crippen LogP contribution in [0.25, 0.3) is 0 Å². The summed E-state index contributed by atoms with van der Waals surface area (Å²) in [5, 5.41) is 12.1. The highest BCUT2D eigenvalue weighted by molar-refractivity contribution is 6.36. The maximum Gasteiger partial charge on any atom is 0.171 e. The summed E-state index contributed by atoms with van der Waals surface area (Å²) in [5.74, 6) is 1.37. The molecule has 1 aromatic rings. The van der Waals surface area contributed by atoms with Crippen molar-refractivity contribution in [2.24, 2.45) is 16.8 Å². The number of aromatic nitrogens is 1. The molecule has 1 saturated carbocycles. The van der Waals surface area contributed by atoms with Crippen LogP contribution in [0, 0.1) is 5.92 Å². The first kappa shape index (κ1) is 13.0. The second kappa shape index (κ2) is 5.02. The molecule has 0 aliphatic heterocycles. The van der Waals surface area contributed by atoms with Crippen LogP contribution in [0.4, 0.5) is 5.82 Å². The minimum absolute atomic E-state index is 0.00359. The van der Waals surface area contributed by atoms with Gasteiger partial charge in [0.15, 0.2) is 5.84 Å². The van der Waals surface area contributed by atoms with Crippen LogP contribution in [-0.4, -0.2) is 29.1 Å². The summed E-state index contributed by atoms with van der Waals surface area (Å²) >= 11 is 6.27. The number of hydrogen-bond donors (Lipinski definition) is 2. The van der Waals surface area contributed by atoms with E-state index in [0.717, 1.165) is 0 Å². The smallest absolute Gasteiger partial charge is 0.171 e. The lowest BCUT2D eigenvalue weighted by Crippen LogP contribution is -2.32. The van der Waals surface area contributed by atoms with Gasteiger partial charge in [-0.2, -0.15) is 0 Å². The van der Waals surface area contributed by atoms with Gasteiger partial charge < -0.3 is 15.8 Å². The molecule has 0 aromatic carbocycles. The van der Waals surface area contributed by atoms with Gasteiger partial charge in [0.1, 0.15) is 5.82 Å². The van der Waals surface area contributed by atoms with Crippen LogP contribution in [-0.2, 0) is 0 Å². The first-order valence-electron chi connectivity index (χ1n) is 5.91. The lowest BCUT2D eigenvalue weighted by Gasteiger charge is -2.27. The number of halogens is 1. The van der Waals surface area contributed by atoms with Crippen LogP contribution < -0.4 is 10.6 Å². The SMILES string of the molecule is CC(C1CC1)N(C)c1nccc(/C(N)=N/O)c1Cl. The summed E-state index contributed by atoms with van der Waals surface area (Å²) in [5.41, 5.74) is 6.08. The number of oxime groups is 1. The molecule has 0 bridgehead atoms. The van der Waals surface area contributed by atoms with Crippen LogP contribution in [0.1, 0.15) is 25.3 Å². The monoisotopic (exact) mass is 268 g/mol. The number of anilines is 1. The molecule has 18 heavy (non-hydrogen) atoms. The van der Waals surface area contributed by atoms with Crippen LogP contribution in [0.5, 0.6) is 0 Å². The van der Waals surface area contributed by atoms with Crippen molar-refractivity contribution >= 4 is 23.3 Å². The van der Waals surface area contributed by atoms with Crippen LogP contribution in [0.15, 0.2) is 17.4 Å². The highest BCUT2D eigenvalue weighted by Crippen LogP contribution is 2.37. The molecule has 6 heteroatoms. The second-order valence-electron chi connectivity index (χ2n) is 4.67. The molecule has 1 fully saturated rings. The van der Waals surface area contributed by atoms with Gasteiger partial charge in [0.2, 0.25) is 0 Å². The fourth-order valence-corrected chi connectivity index (χ4v) is 2.36. The summed E-state index contributed by atoms with van der Waals surface area (Å²) in [6.45, 7) is 2.16. The predicted molar refractivity (Wildman–Crippen MR) is 72.3 cm³/mol. The molecule has 5 nitrogen and oxygen atoms in total. The molecule has 1 aliphatic rings.